The van der Waals surface area contributed by atoms with Crippen LogP contribution in [0.5, 0.6) is 0 Å². The highest BCUT2D eigenvalue weighted by molar-refractivity contribution is 9.11. The van der Waals surface area contributed by atoms with Crippen molar-refractivity contribution in [2.24, 2.45) is 11.3 Å². The van der Waals surface area contributed by atoms with E-state index in [0.29, 0.717) is 4.47 Å². The van der Waals surface area contributed by atoms with Gasteiger partial charge in [-0.05, 0) is 72.9 Å². The molecule has 2 nitrogen and oxygen atoms in total. The van der Waals surface area contributed by atoms with E-state index in [4.69, 9.17) is 0 Å². The zero-order chi connectivity index (χ0) is 16.3. The van der Waals surface area contributed by atoms with E-state index in [1.807, 2.05) is 0 Å². The van der Waals surface area contributed by atoms with Gasteiger partial charge in [0.05, 0.1) is 10.1 Å². The predicted octanol–water partition coefficient (Wildman–Crippen LogP) is 4.46. The Kier molecular flexibility index (Phi) is 4.25. The van der Waals surface area contributed by atoms with Gasteiger partial charge >= 0.3 is 0 Å². The van der Waals surface area contributed by atoms with Crippen LogP contribution in [0.2, 0.25) is 0 Å². The van der Waals surface area contributed by atoms with E-state index in [1.54, 1.807) is 0 Å². The van der Waals surface area contributed by atoms with Crippen LogP contribution < -0.4 is 0 Å². The Labute approximate surface area is 148 Å². The Bertz CT molecular complexity index is 611. The van der Waals surface area contributed by atoms with Crippen LogP contribution in [0.4, 0.5) is 4.39 Å². The topological polar surface area (TPSA) is 23.5 Å². The maximum atomic E-state index is 14.3. The molecule has 1 aromatic rings. The van der Waals surface area contributed by atoms with Crippen LogP contribution in [0.15, 0.2) is 15.0 Å². The van der Waals surface area contributed by atoms with Crippen molar-refractivity contribution in [1.82, 2.24) is 4.90 Å². The number of fused-ring (bicyclic) bond motifs is 1. The molecular weight excluding hydrogens is 413 g/mol. The maximum absolute atomic E-state index is 14.3. The molecule has 1 aromatic carbocycles. The highest BCUT2D eigenvalue weighted by atomic mass is 79.9. The average molecular weight is 435 g/mol. The van der Waals surface area contributed by atoms with Gasteiger partial charge in [-0.25, -0.2) is 4.39 Å². The average Bonchev–Trinajstić information content (AvgIpc) is 2.66. The fraction of sp³-hybridized carbons (Fsp3) is 0.647. The fourth-order valence-electron chi connectivity index (χ4n) is 4.30. The summed E-state index contributed by atoms with van der Waals surface area (Å²) in [4.78, 5) is 2.29. The van der Waals surface area contributed by atoms with Gasteiger partial charge < -0.3 is 10.0 Å². The number of rotatable bonds is 1. The third-order valence-electron chi connectivity index (χ3n) is 5.61. The largest absolute Gasteiger partial charge is 0.384 e. The first kappa shape index (κ1) is 16.9. The normalized spacial score (nSPS) is 28.9. The Balaban J connectivity index is 2.16. The van der Waals surface area contributed by atoms with Gasteiger partial charge in [0.1, 0.15) is 5.82 Å². The quantitative estimate of drug-likeness (QED) is 0.659. The molecule has 1 aliphatic carbocycles. The summed E-state index contributed by atoms with van der Waals surface area (Å²) in [6, 6.07) is 1.50. The first-order valence-corrected chi connectivity index (χ1v) is 9.35. The summed E-state index contributed by atoms with van der Waals surface area (Å²) in [6.07, 6.45) is 2.64. The molecule has 1 atom stereocenters. The number of hydrogen-bond acceptors (Lipinski definition) is 2. The number of likely N-dealkylation sites (tertiary alicyclic amines) is 1. The second kappa shape index (κ2) is 5.54. The molecule has 1 unspecified atom stereocenters. The molecule has 0 aromatic heterocycles. The summed E-state index contributed by atoms with van der Waals surface area (Å²) in [5.41, 5.74) is 0.501. The van der Waals surface area contributed by atoms with E-state index in [0.717, 1.165) is 48.0 Å². The highest BCUT2D eigenvalue weighted by Gasteiger charge is 2.57. The number of benzene rings is 1. The molecule has 22 heavy (non-hydrogen) atoms. The molecule has 1 N–H and O–H groups in total. The van der Waals surface area contributed by atoms with Crippen molar-refractivity contribution < 1.29 is 9.50 Å². The van der Waals surface area contributed by atoms with E-state index in [2.05, 4.69) is 57.7 Å². The molecule has 0 bridgehead atoms. The molecule has 1 aliphatic heterocycles. The standard InChI is InChI=1S/C17H22Br2FNO/c1-16(2)9-11-12(18)8-13(20)15(19)14(11)17(16,22)10-4-6-21(3)7-5-10/h8,10,22H,4-7,9H2,1-3H3. The molecule has 0 amide bonds. The minimum atomic E-state index is -0.993. The Morgan fingerprint density at radius 2 is 1.86 bits per heavy atom. The SMILES string of the molecule is CN1CCC(C2(O)c3c(Br)c(F)cc(Br)c3CC2(C)C)CC1. The zero-order valence-electron chi connectivity index (χ0n) is 13.2. The van der Waals surface area contributed by atoms with Crippen LogP contribution in [0.1, 0.15) is 37.8 Å². The molecule has 5 heteroatoms. The van der Waals surface area contributed by atoms with Crippen LogP contribution in [0.3, 0.4) is 0 Å². The number of piperidine rings is 1. The van der Waals surface area contributed by atoms with Gasteiger partial charge in [0, 0.05) is 15.5 Å². The second-order valence-corrected chi connectivity index (χ2v) is 9.06. The summed E-state index contributed by atoms with van der Waals surface area (Å²) >= 11 is 6.89. The van der Waals surface area contributed by atoms with Gasteiger partial charge in [0.2, 0.25) is 0 Å². The summed E-state index contributed by atoms with van der Waals surface area (Å²) in [6.45, 7) is 6.16. The van der Waals surface area contributed by atoms with E-state index in [-0.39, 0.29) is 17.2 Å². The van der Waals surface area contributed by atoms with Crippen molar-refractivity contribution in [3.63, 3.8) is 0 Å². The summed E-state index contributed by atoms with van der Waals surface area (Å²) in [5, 5.41) is 11.8. The molecule has 1 fully saturated rings. The first-order chi connectivity index (χ1) is 10.2. The minimum absolute atomic E-state index is 0.157. The molecule has 1 saturated heterocycles. The van der Waals surface area contributed by atoms with Gasteiger partial charge in [-0.3, -0.25) is 0 Å². The minimum Gasteiger partial charge on any atom is -0.384 e. The number of nitrogens with zero attached hydrogens (tertiary/aromatic N) is 1. The lowest BCUT2D eigenvalue weighted by Gasteiger charge is -2.46. The molecule has 0 spiro atoms. The van der Waals surface area contributed by atoms with Gasteiger partial charge in [-0.15, -0.1) is 0 Å². The summed E-state index contributed by atoms with van der Waals surface area (Å²) < 4.78 is 15.5. The second-order valence-electron chi connectivity index (χ2n) is 7.41. The van der Waals surface area contributed by atoms with Gasteiger partial charge in [0.15, 0.2) is 0 Å². The predicted molar refractivity (Wildman–Crippen MR) is 93.4 cm³/mol. The monoisotopic (exact) mass is 433 g/mol. The van der Waals surface area contributed by atoms with Gasteiger partial charge in [0.25, 0.3) is 0 Å². The molecule has 1 heterocycles. The Morgan fingerprint density at radius 1 is 1.27 bits per heavy atom. The molecule has 3 rings (SSSR count). The van der Waals surface area contributed by atoms with Crippen LogP contribution in [-0.2, 0) is 12.0 Å². The van der Waals surface area contributed by atoms with Crippen molar-refractivity contribution in [2.45, 2.75) is 38.7 Å². The van der Waals surface area contributed by atoms with E-state index in [9.17, 15) is 9.50 Å². The van der Waals surface area contributed by atoms with E-state index < -0.39 is 5.60 Å². The fourth-order valence-corrected chi connectivity index (χ4v) is 5.50. The number of halogens is 3. The van der Waals surface area contributed by atoms with Gasteiger partial charge in [-0.2, -0.15) is 0 Å². The smallest absolute Gasteiger partial charge is 0.138 e. The Hall–Kier alpha value is 0.0300. The van der Waals surface area contributed by atoms with Crippen LogP contribution in [0, 0.1) is 17.2 Å². The number of hydrogen-bond donors (Lipinski definition) is 1. The zero-order valence-corrected chi connectivity index (χ0v) is 16.4. The van der Waals surface area contributed by atoms with Gasteiger partial charge in [-0.1, -0.05) is 29.8 Å². The molecule has 122 valence electrons. The van der Waals surface area contributed by atoms with Crippen molar-refractivity contribution in [3.8, 4) is 0 Å². The lowest BCUT2D eigenvalue weighted by Crippen LogP contribution is -2.49. The lowest BCUT2D eigenvalue weighted by molar-refractivity contribution is -0.122. The van der Waals surface area contributed by atoms with Crippen LogP contribution in [-0.4, -0.2) is 30.1 Å². The van der Waals surface area contributed by atoms with Crippen molar-refractivity contribution in [2.75, 3.05) is 20.1 Å². The molecular formula is C17H22Br2FNO. The van der Waals surface area contributed by atoms with E-state index >= 15 is 0 Å². The molecule has 2 aliphatic rings. The van der Waals surface area contributed by atoms with Crippen molar-refractivity contribution in [1.29, 1.82) is 0 Å². The lowest BCUT2D eigenvalue weighted by atomic mass is 9.65. The first-order valence-electron chi connectivity index (χ1n) is 7.76. The third-order valence-corrected chi connectivity index (χ3v) is 7.10. The van der Waals surface area contributed by atoms with Crippen molar-refractivity contribution >= 4 is 31.9 Å². The summed E-state index contributed by atoms with van der Waals surface area (Å²) in [5.74, 6) is -0.153. The molecule has 0 saturated carbocycles. The van der Waals surface area contributed by atoms with Crippen LogP contribution in [0.25, 0.3) is 0 Å². The molecule has 0 radical (unpaired) electrons. The maximum Gasteiger partial charge on any atom is 0.138 e. The van der Waals surface area contributed by atoms with Crippen molar-refractivity contribution in [3.05, 3.63) is 32.0 Å². The Morgan fingerprint density at radius 3 is 2.45 bits per heavy atom. The third kappa shape index (κ3) is 2.31. The summed E-state index contributed by atoms with van der Waals surface area (Å²) in [7, 11) is 2.11. The van der Waals surface area contributed by atoms with E-state index in [1.165, 1.54) is 6.07 Å². The highest BCUT2D eigenvalue weighted by Crippen LogP contribution is 2.59. The number of aliphatic hydroxyl groups is 1. The van der Waals surface area contributed by atoms with Crippen LogP contribution >= 0.6 is 31.9 Å².